The topological polar surface area (TPSA) is 78.7 Å². The third-order valence-corrected chi connectivity index (χ3v) is 4.21. The van der Waals surface area contributed by atoms with Crippen LogP contribution < -0.4 is 4.74 Å². The molecule has 0 saturated heterocycles. The number of hydrogen-bond donors (Lipinski definition) is 0. The molecular weight excluding hydrogens is 293 g/mol. The number of nitro groups is 1. The molecule has 0 bridgehead atoms. The molecule has 1 aromatic rings. The van der Waals surface area contributed by atoms with Crippen LogP contribution in [0.1, 0.15) is 44.6 Å². The van der Waals surface area contributed by atoms with E-state index < -0.39 is 22.6 Å². The van der Waals surface area contributed by atoms with E-state index in [0.717, 1.165) is 51.3 Å². The fraction of sp³-hybridized carbons (Fsp3) is 0.533. The number of methoxy groups -OCH3 is 1. The van der Waals surface area contributed by atoms with Crippen molar-refractivity contribution in [1.82, 2.24) is 0 Å². The summed E-state index contributed by atoms with van der Waals surface area (Å²) in [5.74, 6) is -0.937. The van der Waals surface area contributed by atoms with Crippen molar-refractivity contribution >= 4 is 11.8 Å². The molecule has 0 spiro atoms. The van der Waals surface area contributed by atoms with Gasteiger partial charge in [-0.2, -0.15) is 4.39 Å². The highest BCUT2D eigenvalue weighted by atomic mass is 19.1. The van der Waals surface area contributed by atoms with Gasteiger partial charge >= 0.3 is 11.8 Å². The molecule has 1 aliphatic rings. The van der Waals surface area contributed by atoms with Crippen molar-refractivity contribution in [2.45, 2.75) is 44.4 Å². The van der Waals surface area contributed by atoms with Crippen LogP contribution in [-0.4, -0.2) is 18.2 Å². The summed E-state index contributed by atoms with van der Waals surface area (Å²) in [7, 11) is 1.14. The van der Waals surface area contributed by atoms with Crippen LogP contribution in [0, 0.1) is 15.9 Å². The molecule has 1 fully saturated rings. The summed E-state index contributed by atoms with van der Waals surface area (Å²) in [5.41, 5.74) is -0.625. The summed E-state index contributed by atoms with van der Waals surface area (Å²) in [6, 6.07) is 2.07. The van der Waals surface area contributed by atoms with Gasteiger partial charge in [0.2, 0.25) is 5.82 Å². The Hall–Kier alpha value is -2.18. The van der Waals surface area contributed by atoms with Crippen LogP contribution in [0.3, 0.4) is 0 Å². The molecule has 0 radical (unpaired) electrons. The Morgan fingerprint density at radius 1 is 1.32 bits per heavy atom. The Labute approximate surface area is 127 Å². The number of carbonyl (C=O) groups is 1. The quantitative estimate of drug-likeness (QED) is 0.363. The Balaban J connectivity index is 2.52. The summed E-state index contributed by atoms with van der Waals surface area (Å²) in [6.45, 7) is 1.96. The van der Waals surface area contributed by atoms with E-state index in [1.165, 1.54) is 0 Å². The van der Waals surface area contributed by atoms with Crippen LogP contribution in [0.5, 0.6) is 5.75 Å². The normalized spacial score (nSPS) is 16.9. The van der Waals surface area contributed by atoms with Gasteiger partial charge in [0, 0.05) is 5.56 Å². The maximum Gasteiger partial charge on any atom is 0.513 e. The van der Waals surface area contributed by atoms with Crippen LogP contribution in [-0.2, 0) is 10.2 Å². The zero-order valence-corrected chi connectivity index (χ0v) is 12.6. The lowest BCUT2D eigenvalue weighted by Gasteiger charge is -2.34. The van der Waals surface area contributed by atoms with Gasteiger partial charge in [0.25, 0.3) is 0 Å². The Morgan fingerprint density at radius 3 is 2.50 bits per heavy atom. The molecule has 1 saturated carbocycles. The molecule has 0 N–H and O–H groups in total. The first kappa shape index (κ1) is 16.2. The lowest BCUT2D eigenvalue weighted by Crippen LogP contribution is -2.26. The summed E-state index contributed by atoms with van der Waals surface area (Å²) >= 11 is 0. The summed E-state index contributed by atoms with van der Waals surface area (Å²) in [6.07, 6.45) is 3.68. The van der Waals surface area contributed by atoms with Crippen molar-refractivity contribution in [2.75, 3.05) is 7.11 Å². The van der Waals surface area contributed by atoms with E-state index in [1.807, 2.05) is 6.92 Å². The van der Waals surface area contributed by atoms with Gasteiger partial charge in [-0.25, -0.2) is 4.79 Å². The van der Waals surface area contributed by atoms with E-state index in [2.05, 4.69) is 4.74 Å². The van der Waals surface area contributed by atoms with Crippen LogP contribution >= 0.6 is 0 Å². The van der Waals surface area contributed by atoms with Gasteiger partial charge in [0.05, 0.1) is 18.1 Å². The van der Waals surface area contributed by atoms with Crippen molar-refractivity contribution in [3.05, 3.63) is 33.6 Å². The van der Waals surface area contributed by atoms with E-state index >= 15 is 0 Å². The van der Waals surface area contributed by atoms with Gasteiger partial charge in [-0.15, -0.1) is 0 Å². The molecule has 0 amide bonds. The highest BCUT2D eigenvalue weighted by Crippen LogP contribution is 2.44. The molecule has 1 aliphatic carbocycles. The molecule has 120 valence electrons. The number of ether oxygens (including phenoxy) is 2. The predicted molar refractivity (Wildman–Crippen MR) is 76.5 cm³/mol. The molecule has 6 nitrogen and oxygen atoms in total. The Morgan fingerprint density at radius 2 is 1.95 bits per heavy atom. The van der Waals surface area contributed by atoms with Gasteiger partial charge in [0.15, 0.2) is 0 Å². The van der Waals surface area contributed by atoms with E-state index in [0.29, 0.717) is 5.56 Å². The standard InChI is InChI=1S/C15H18FNO5/c1-15(6-4-3-5-7-15)10-8-11(16)12(17(19)20)9-13(10)22-14(18)21-2/h8-9H,3-7H2,1-2H3. The van der Waals surface area contributed by atoms with Crippen molar-refractivity contribution in [1.29, 1.82) is 0 Å². The fourth-order valence-corrected chi connectivity index (χ4v) is 2.97. The average Bonchev–Trinajstić information content (AvgIpc) is 2.48. The molecule has 0 unspecified atom stereocenters. The molecular formula is C15H18FNO5. The second kappa shape index (κ2) is 6.29. The first-order valence-electron chi connectivity index (χ1n) is 7.11. The van der Waals surface area contributed by atoms with Gasteiger partial charge in [-0.05, 0) is 24.3 Å². The zero-order valence-electron chi connectivity index (χ0n) is 12.6. The summed E-state index contributed by atoms with van der Waals surface area (Å²) in [5, 5.41) is 10.9. The Bertz CT molecular complexity index is 596. The molecule has 0 aromatic heterocycles. The second-order valence-electron chi connectivity index (χ2n) is 5.73. The van der Waals surface area contributed by atoms with Gasteiger partial charge in [0.1, 0.15) is 5.75 Å². The summed E-state index contributed by atoms with van der Waals surface area (Å²) in [4.78, 5) is 21.4. The van der Waals surface area contributed by atoms with E-state index in [-0.39, 0.29) is 11.2 Å². The van der Waals surface area contributed by atoms with Crippen LogP contribution in [0.4, 0.5) is 14.9 Å². The highest BCUT2D eigenvalue weighted by Gasteiger charge is 2.34. The zero-order chi connectivity index (χ0) is 16.3. The average molecular weight is 311 g/mol. The van der Waals surface area contributed by atoms with E-state index in [1.54, 1.807) is 0 Å². The van der Waals surface area contributed by atoms with Gasteiger partial charge < -0.3 is 9.47 Å². The largest absolute Gasteiger partial charge is 0.513 e. The number of hydrogen-bond acceptors (Lipinski definition) is 5. The monoisotopic (exact) mass is 311 g/mol. The second-order valence-corrected chi connectivity index (χ2v) is 5.73. The lowest BCUT2D eigenvalue weighted by atomic mass is 9.70. The number of nitrogens with zero attached hydrogens (tertiary/aromatic N) is 1. The minimum atomic E-state index is -0.985. The third kappa shape index (κ3) is 3.18. The van der Waals surface area contributed by atoms with E-state index in [9.17, 15) is 19.3 Å². The van der Waals surface area contributed by atoms with Gasteiger partial charge in [-0.1, -0.05) is 26.2 Å². The number of nitro benzene ring substituents is 1. The molecule has 0 atom stereocenters. The molecule has 0 aliphatic heterocycles. The summed E-state index contributed by atoms with van der Waals surface area (Å²) < 4.78 is 23.5. The van der Waals surface area contributed by atoms with Crippen LogP contribution in [0.15, 0.2) is 12.1 Å². The van der Waals surface area contributed by atoms with E-state index in [4.69, 9.17) is 4.74 Å². The van der Waals surface area contributed by atoms with Crippen molar-refractivity contribution in [3.8, 4) is 5.75 Å². The molecule has 7 heteroatoms. The molecule has 1 aromatic carbocycles. The third-order valence-electron chi connectivity index (χ3n) is 4.21. The lowest BCUT2D eigenvalue weighted by molar-refractivity contribution is -0.387. The predicted octanol–water partition coefficient (Wildman–Crippen LogP) is 4.10. The van der Waals surface area contributed by atoms with Crippen molar-refractivity contribution < 1.29 is 23.6 Å². The van der Waals surface area contributed by atoms with Crippen LogP contribution in [0.2, 0.25) is 0 Å². The number of carbonyl (C=O) groups excluding carboxylic acids is 1. The number of benzene rings is 1. The number of rotatable bonds is 3. The Kier molecular flexibility index (Phi) is 4.63. The van der Waals surface area contributed by atoms with Crippen molar-refractivity contribution in [3.63, 3.8) is 0 Å². The molecule has 22 heavy (non-hydrogen) atoms. The SMILES string of the molecule is COC(=O)Oc1cc([N+](=O)[O-])c(F)cc1C1(C)CCCCC1. The maximum atomic E-state index is 14.0. The molecule has 2 rings (SSSR count). The van der Waals surface area contributed by atoms with Gasteiger partial charge in [-0.3, -0.25) is 10.1 Å². The minimum absolute atomic E-state index is 0.00986. The van der Waals surface area contributed by atoms with Crippen molar-refractivity contribution in [2.24, 2.45) is 0 Å². The smallest absolute Gasteiger partial charge is 0.437 e. The number of halogens is 1. The first-order valence-corrected chi connectivity index (χ1v) is 7.11. The molecule has 0 heterocycles. The highest BCUT2D eigenvalue weighted by molar-refractivity contribution is 5.65. The minimum Gasteiger partial charge on any atom is -0.437 e. The fourth-order valence-electron chi connectivity index (χ4n) is 2.97. The first-order chi connectivity index (χ1) is 10.4. The van der Waals surface area contributed by atoms with Crippen LogP contribution in [0.25, 0.3) is 0 Å². The maximum absolute atomic E-state index is 14.0.